The summed E-state index contributed by atoms with van der Waals surface area (Å²) in [6, 6.07) is 0. The second-order valence-corrected chi connectivity index (χ2v) is 4.62. The first kappa shape index (κ1) is 10.5. The van der Waals surface area contributed by atoms with E-state index in [9.17, 15) is 9.18 Å². The summed E-state index contributed by atoms with van der Waals surface area (Å²) in [6.07, 6.45) is 6.99. The third-order valence-electron chi connectivity index (χ3n) is 3.39. The zero-order valence-corrected chi connectivity index (χ0v) is 8.66. The van der Waals surface area contributed by atoms with E-state index in [1.165, 1.54) is 12.8 Å². The number of hydrogen-bond donors (Lipinski definition) is 1. The van der Waals surface area contributed by atoms with Crippen molar-refractivity contribution in [1.82, 2.24) is 0 Å². The Morgan fingerprint density at radius 3 is 2.73 bits per heavy atom. The highest BCUT2D eigenvalue weighted by Crippen LogP contribution is 2.43. The Morgan fingerprint density at radius 2 is 2.20 bits per heavy atom. The number of alkyl halides is 1. The molecule has 1 fully saturated rings. The predicted octanol–water partition coefficient (Wildman–Crippen LogP) is 2.54. The number of nitrogens with one attached hydrogen (secondary N) is 1. The van der Waals surface area contributed by atoms with E-state index in [-0.39, 0.29) is 18.1 Å². The molecule has 0 aromatic heterocycles. The van der Waals surface area contributed by atoms with Gasteiger partial charge in [0.1, 0.15) is 6.17 Å². The maximum Gasteiger partial charge on any atom is 0.173 e. The number of hydrogen-bond acceptors (Lipinski definition) is 2. The van der Waals surface area contributed by atoms with Gasteiger partial charge in [-0.05, 0) is 31.1 Å². The first-order valence-electron chi connectivity index (χ1n) is 5.56. The number of carbonyl (C=O) groups excluding carboxylic acids is 1. The molecule has 3 atom stereocenters. The fourth-order valence-electron chi connectivity index (χ4n) is 2.28. The fourth-order valence-corrected chi connectivity index (χ4v) is 2.28. The van der Waals surface area contributed by atoms with Gasteiger partial charge in [-0.15, -0.1) is 0 Å². The molecular weight excluding hydrogens is 193 g/mol. The van der Waals surface area contributed by atoms with Crippen LogP contribution in [0.25, 0.3) is 0 Å². The van der Waals surface area contributed by atoms with Crippen molar-refractivity contribution in [2.45, 2.75) is 31.9 Å². The van der Waals surface area contributed by atoms with Crippen LogP contribution >= 0.6 is 0 Å². The van der Waals surface area contributed by atoms with Crippen LogP contribution in [0.15, 0.2) is 12.2 Å². The van der Waals surface area contributed by atoms with Gasteiger partial charge in [0.2, 0.25) is 0 Å². The van der Waals surface area contributed by atoms with E-state index in [0.29, 0.717) is 18.3 Å². The highest BCUT2D eigenvalue weighted by atomic mass is 19.1. The van der Waals surface area contributed by atoms with Gasteiger partial charge in [0.05, 0.1) is 6.21 Å². The maximum atomic E-state index is 13.7. The molecule has 0 aromatic carbocycles. The highest BCUT2D eigenvalue weighted by molar-refractivity contribution is 6.26. The van der Waals surface area contributed by atoms with Crippen LogP contribution in [0.4, 0.5) is 4.39 Å². The molecule has 0 bridgehead atoms. The van der Waals surface area contributed by atoms with Crippen LogP contribution in [-0.4, -0.2) is 18.2 Å². The summed E-state index contributed by atoms with van der Waals surface area (Å²) in [5, 5.41) is 6.79. The molecule has 2 aliphatic rings. The minimum Gasteiger partial charge on any atom is -0.305 e. The third kappa shape index (κ3) is 2.52. The average Bonchev–Trinajstić information content (AvgIpc) is 3.04. The van der Waals surface area contributed by atoms with E-state index in [0.717, 1.165) is 6.21 Å². The molecule has 2 unspecified atom stereocenters. The molecule has 0 radical (unpaired) electrons. The monoisotopic (exact) mass is 209 g/mol. The summed E-state index contributed by atoms with van der Waals surface area (Å²) in [7, 11) is 0. The van der Waals surface area contributed by atoms with Crippen molar-refractivity contribution < 1.29 is 9.18 Å². The van der Waals surface area contributed by atoms with Gasteiger partial charge in [0, 0.05) is 12.3 Å². The molecule has 0 aromatic rings. The van der Waals surface area contributed by atoms with Crippen LogP contribution in [0.1, 0.15) is 25.7 Å². The van der Waals surface area contributed by atoms with Gasteiger partial charge in [-0.3, -0.25) is 4.79 Å². The summed E-state index contributed by atoms with van der Waals surface area (Å²) < 4.78 is 13.7. The lowest BCUT2D eigenvalue weighted by Gasteiger charge is -2.25. The van der Waals surface area contributed by atoms with Crippen LogP contribution in [0.2, 0.25) is 0 Å². The summed E-state index contributed by atoms with van der Waals surface area (Å²) in [5.74, 6) is 0.511. The van der Waals surface area contributed by atoms with E-state index >= 15 is 0 Å². The fraction of sp³-hybridized carbons (Fsp3) is 0.667. The lowest BCUT2D eigenvalue weighted by atomic mass is 9.82. The van der Waals surface area contributed by atoms with Crippen LogP contribution in [0.5, 0.6) is 0 Å². The van der Waals surface area contributed by atoms with Gasteiger partial charge >= 0.3 is 0 Å². The van der Waals surface area contributed by atoms with E-state index in [2.05, 4.69) is 6.08 Å². The quantitative estimate of drug-likeness (QED) is 0.561. The van der Waals surface area contributed by atoms with Gasteiger partial charge in [-0.2, -0.15) is 0 Å². The number of halogens is 1. The van der Waals surface area contributed by atoms with Crippen molar-refractivity contribution in [1.29, 1.82) is 5.41 Å². The Labute approximate surface area is 89.1 Å². The Hall–Kier alpha value is -0.990. The van der Waals surface area contributed by atoms with E-state index in [4.69, 9.17) is 5.41 Å². The number of rotatable bonds is 4. The Bertz CT molecular complexity index is 296. The maximum absolute atomic E-state index is 13.7. The molecule has 3 heteroatoms. The molecule has 2 rings (SSSR count). The van der Waals surface area contributed by atoms with Gasteiger partial charge in [0.25, 0.3) is 0 Å². The molecular formula is C12H16FNO. The highest BCUT2D eigenvalue weighted by Gasteiger charge is 2.35. The molecule has 0 aliphatic heterocycles. The summed E-state index contributed by atoms with van der Waals surface area (Å²) in [6.45, 7) is 0. The standard InChI is InChI=1S/C12H16FNO/c13-12-6-9(8-1-2-8)3-4-10(12)5-11(15)7-14/h3-4,7-10,12,14H,1-2,5-6H2/t9-,10?,12?/m0/s1. The van der Waals surface area contributed by atoms with Crippen molar-refractivity contribution in [3.63, 3.8) is 0 Å². The lowest BCUT2D eigenvalue weighted by Crippen LogP contribution is -2.25. The molecule has 2 aliphatic carbocycles. The Kier molecular flexibility index (Phi) is 2.98. The van der Waals surface area contributed by atoms with E-state index in [1.54, 1.807) is 0 Å². The van der Waals surface area contributed by atoms with E-state index < -0.39 is 6.17 Å². The average molecular weight is 209 g/mol. The zero-order chi connectivity index (χ0) is 10.8. The number of ketones is 1. The number of Topliss-reactive ketones (excluding diaryl/α,β-unsaturated/α-hetero) is 1. The predicted molar refractivity (Wildman–Crippen MR) is 56.8 cm³/mol. The Balaban J connectivity index is 1.93. The smallest absolute Gasteiger partial charge is 0.173 e. The summed E-state index contributed by atoms with van der Waals surface area (Å²) in [5.41, 5.74) is 0. The number of allylic oxidation sites excluding steroid dienone is 2. The molecule has 0 spiro atoms. The van der Waals surface area contributed by atoms with Crippen molar-refractivity contribution >= 4 is 12.0 Å². The SMILES string of the molecule is N=CC(=O)CC1C=C[C@H](C2CC2)CC1F. The summed E-state index contributed by atoms with van der Waals surface area (Å²) in [4.78, 5) is 11.0. The van der Waals surface area contributed by atoms with Crippen LogP contribution < -0.4 is 0 Å². The first-order chi connectivity index (χ1) is 7.20. The second kappa shape index (κ2) is 4.25. The molecule has 15 heavy (non-hydrogen) atoms. The van der Waals surface area contributed by atoms with Crippen molar-refractivity contribution in [2.75, 3.05) is 0 Å². The van der Waals surface area contributed by atoms with Crippen molar-refractivity contribution in [3.8, 4) is 0 Å². The first-order valence-corrected chi connectivity index (χ1v) is 5.56. The molecule has 0 amide bonds. The van der Waals surface area contributed by atoms with Crippen molar-refractivity contribution in [2.24, 2.45) is 17.8 Å². The number of carbonyl (C=O) groups is 1. The normalized spacial score (nSPS) is 35.1. The van der Waals surface area contributed by atoms with Crippen LogP contribution in [0.3, 0.4) is 0 Å². The molecule has 82 valence electrons. The molecule has 1 N–H and O–H groups in total. The van der Waals surface area contributed by atoms with Gasteiger partial charge < -0.3 is 5.41 Å². The topological polar surface area (TPSA) is 40.9 Å². The zero-order valence-electron chi connectivity index (χ0n) is 8.66. The van der Waals surface area contributed by atoms with Crippen LogP contribution in [-0.2, 0) is 4.79 Å². The van der Waals surface area contributed by atoms with Gasteiger partial charge in [-0.1, -0.05) is 12.2 Å². The summed E-state index contributed by atoms with van der Waals surface area (Å²) >= 11 is 0. The third-order valence-corrected chi connectivity index (χ3v) is 3.39. The van der Waals surface area contributed by atoms with E-state index in [1.807, 2.05) is 6.08 Å². The second-order valence-electron chi connectivity index (χ2n) is 4.62. The largest absolute Gasteiger partial charge is 0.305 e. The molecule has 0 saturated heterocycles. The minimum atomic E-state index is -0.899. The molecule has 2 nitrogen and oxygen atoms in total. The van der Waals surface area contributed by atoms with Crippen LogP contribution in [0, 0.1) is 23.2 Å². The lowest BCUT2D eigenvalue weighted by molar-refractivity contribution is -0.113. The van der Waals surface area contributed by atoms with Gasteiger partial charge in [0.15, 0.2) is 5.78 Å². The molecule has 0 heterocycles. The van der Waals surface area contributed by atoms with Crippen molar-refractivity contribution in [3.05, 3.63) is 12.2 Å². The Morgan fingerprint density at radius 1 is 1.47 bits per heavy atom. The minimum absolute atomic E-state index is 0.151. The molecule has 1 saturated carbocycles. The van der Waals surface area contributed by atoms with Gasteiger partial charge in [-0.25, -0.2) is 4.39 Å².